The standard InChI is InChI=1S/C3H2O5/c4-2-1-5-6-3(2)7-8-3/h1H2. The first-order chi connectivity index (χ1) is 3.83. The van der Waals surface area contributed by atoms with Crippen LogP contribution >= 0.6 is 0 Å². The van der Waals surface area contributed by atoms with Crippen molar-refractivity contribution in [3.8, 4) is 0 Å². The average molecular weight is 118 g/mol. The van der Waals surface area contributed by atoms with Crippen molar-refractivity contribution in [1.29, 1.82) is 0 Å². The molecule has 0 bridgehead atoms. The lowest BCUT2D eigenvalue weighted by atomic mass is 10.4. The molecule has 0 unspecified atom stereocenters. The third kappa shape index (κ3) is 0.366. The molecule has 0 aliphatic carbocycles. The van der Waals surface area contributed by atoms with Gasteiger partial charge in [0.25, 0.3) is 5.78 Å². The third-order valence-electron chi connectivity index (χ3n) is 0.935. The van der Waals surface area contributed by atoms with E-state index in [-0.39, 0.29) is 12.4 Å². The van der Waals surface area contributed by atoms with Crippen LogP contribution in [0.1, 0.15) is 0 Å². The Bertz CT molecular complexity index is 137. The molecule has 0 atom stereocenters. The Balaban J connectivity index is 2.23. The van der Waals surface area contributed by atoms with Gasteiger partial charge < -0.3 is 0 Å². The van der Waals surface area contributed by atoms with Gasteiger partial charge in [-0.1, -0.05) is 0 Å². The number of ketones is 1. The second kappa shape index (κ2) is 1.08. The molecule has 2 saturated heterocycles. The molecule has 0 amide bonds. The zero-order valence-electron chi connectivity index (χ0n) is 3.75. The number of hydrogen-bond donors (Lipinski definition) is 0. The van der Waals surface area contributed by atoms with Crippen LogP contribution in [0.2, 0.25) is 0 Å². The van der Waals surface area contributed by atoms with Gasteiger partial charge >= 0.3 is 5.97 Å². The Morgan fingerprint density at radius 2 is 2.12 bits per heavy atom. The molecule has 0 saturated carbocycles. The van der Waals surface area contributed by atoms with Crippen molar-refractivity contribution in [1.82, 2.24) is 0 Å². The zero-order valence-corrected chi connectivity index (χ0v) is 3.75. The predicted octanol–water partition coefficient (Wildman–Crippen LogP) is -0.867. The van der Waals surface area contributed by atoms with Crippen LogP contribution in [0.25, 0.3) is 0 Å². The zero-order chi connectivity index (χ0) is 5.61. The van der Waals surface area contributed by atoms with Gasteiger partial charge in [-0.15, -0.1) is 0 Å². The molecule has 0 aromatic carbocycles. The van der Waals surface area contributed by atoms with E-state index >= 15 is 0 Å². The predicted molar refractivity (Wildman–Crippen MR) is 16.9 cm³/mol. The molecule has 1 spiro atoms. The summed E-state index contributed by atoms with van der Waals surface area (Å²) in [5.74, 6) is -1.79. The van der Waals surface area contributed by atoms with Gasteiger partial charge in [0, 0.05) is 0 Å². The van der Waals surface area contributed by atoms with Gasteiger partial charge in [0.15, 0.2) is 0 Å². The quantitative estimate of drug-likeness (QED) is 0.305. The number of hydrogen-bond acceptors (Lipinski definition) is 5. The molecule has 44 valence electrons. The average Bonchev–Trinajstić information content (AvgIpc) is 2.39. The van der Waals surface area contributed by atoms with E-state index in [0.717, 1.165) is 0 Å². The summed E-state index contributed by atoms with van der Waals surface area (Å²) >= 11 is 0. The Morgan fingerprint density at radius 1 is 1.38 bits per heavy atom. The fourth-order valence-corrected chi connectivity index (χ4v) is 0.454. The van der Waals surface area contributed by atoms with E-state index in [2.05, 4.69) is 19.6 Å². The Kier molecular flexibility index (Phi) is 0.595. The van der Waals surface area contributed by atoms with E-state index in [1.807, 2.05) is 0 Å². The highest BCUT2D eigenvalue weighted by Crippen LogP contribution is 2.35. The summed E-state index contributed by atoms with van der Waals surface area (Å²) in [6, 6.07) is 0. The smallest absolute Gasteiger partial charge is 0.287 e. The Labute approximate surface area is 43.9 Å². The van der Waals surface area contributed by atoms with Gasteiger partial charge in [-0.2, -0.15) is 14.7 Å². The van der Waals surface area contributed by atoms with E-state index in [9.17, 15) is 4.79 Å². The fourth-order valence-electron chi connectivity index (χ4n) is 0.454. The summed E-state index contributed by atoms with van der Waals surface area (Å²) in [5.41, 5.74) is 0. The van der Waals surface area contributed by atoms with Crippen molar-refractivity contribution in [3.63, 3.8) is 0 Å². The molecule has 0 N–H and O–H groups in total. The maximum atomic E-state index is 10.5. The summed E-state index contributed by atoms with van der Waals surface area (Å²) in [4.78, 5) is 27.3. The molecule has 2 heterocycles. The van der Waals surface area contributed by atoms with Crippen LogP contribution in [0.4, 0.5) is 0 Å². The van der Waals surface area contributed by atoms with Gasteiger partial charge in [-0.25, -0.2) is 4.89 Å². The first-order valence-corrected chi connectivity index (χ1v) is 2.04. The van der Waals surface area contributed by atoms with Crippen molar-refractivity contribution in [2.45, 2.75) is 5.97 Å². The van der Waals surface area contributed by atoms with E-state index < -0.39 is 5.97 Å². The second-order valence-electron chi connectivity index (χ2n) is 1.49. The SMILES string of the molecule is O=C1COOC12OO2. The summed E-state index contributed by atoms with van der Waals surface area (Å²) in [6.45, 7) is -0.0972. The topological polar surface area (TPSA) is 60.6 Å². The summed E-state index contributed by atoms with van der Waals surface area (Å²) in [7, 11) is 0. The minimum absolute atomic E-state index is 0.0972. The van der Waals surface area contributed by atoms with Crippen LogP contribution in [0, 0.1) is 0 Å². The maximum Gasteiger partial charge on any atom is 0.428 e. The minimum atomic E-state index is -1.46. The highest BCUT2D eigenvalue weighted by Gasteiger charge is 2.63. The van der Waals surface area contributed by atoms with Crippen LogP contribution in [0.15, 0.2) is 0 Å². The van der Waals surface area contributed by atoms with Crippen molar-refractivity contribution in [2.75, 3.05) is 6.61 Å². The molecule has 2 fully saturated rings. The van der Waals surface area contributed by atoms with E-state index in [1.165, 1.54) is 0 Å². The number of carbonyl (C=O) groups is 1. The van der Waals surface area contributed by atoms with Gasteiger partial charge in [-0.05, 0) is 0 Å². The van der Waals surface area contributed by atoms with Gasteiger partial charge in [0.1, 0.15) is 6.61 Å². The molecular weight excluding hydrogens is 116 g/mol. The second-order valence-corrected chi connectivity index (χ2v) is 1.49. The monoisotopic (exact) mass is 118 g/mol. The molecule has 0 aromatic rings. The van der Waals surface area contributed by atoms with Crippen molar-refractivity contribution < 1.29 is 24.3 Å². The molecule has 5 heteroatoms. The van der Waals surface area contributed by atoms with Crippen LogP contribution in [-0.2, 0) is 24.3 Å². The molecule has 2 rings (SSSR count). The first-order valence-electron chi connectivity index (χ1n) is 2.04. The molecule has 2 aliphatic heterocycles. The van der Waals surface area contributed by atoms with Crippen LogP contribution in [0.3, 0.4) is 0 Å². The Hall–Kier alpha value is -0.490. The van der Waals surface area contributed by atoms with Crippen molar-refractivity contribution in [3.05, 3.63) is 0 Å². The molecule has 2 aliphatic rings. The van der Waals surface area contributed by atoms with Gasteiger partial charge in [-0.3, -0.25) is 4.79 Å². The highest BCUT2D eigenvalue weighted by molar-refractivity contribution is 5.87. The first kappa shape index (κ1) is 4.39. The van der Waals surface area contributed by atoms with Crippen molar-refractivity contribution in [2.24, 2.45) is 0 Å². The highest BCUT2D eigenvalue weighted by atomic mass is 17.5. The van der Waals surface area contributed by atoms with E-state index in [1.54, 1.807) is 0 Å². The lowest BCUT2D eigenvalue weighted by molar-refractivity contribution is -0.310. The number of carbonyl (C=O) groups excluding carboxylic acids is 1. The largest absolute Gasteiger partial charge is 0.428 e. The van der Waals surface area contributed by atoms with E-state index in [0.29, 0.717) is 0 Å². The van der Waals surface area contributed by atoms with Crippen molar-refractivity contribution >= 4 is 5.78 Å². The van der Waals surface area contributed by atoms with Crippen LogP contribution in [0.5, 0.6) is 0 Å². The summed E-state index contributed by atoms with van der Waals surface area (Å²) < 4.78 is 0. The lowest BCUT2D eigenvalue weighted by Crippen LogP contribution is -2.18. The lowest BCUT2D eigenvalue weighted by Gasteiger charge is -1.83. The normalized spacial score (nSPS) is 31.8. The Morgan fingerprint density at radius 3 is 2.38 bits per heavy atom. The van der Waals surface area contributed by atoms with Crippen LogP contribution in [-0.4, -0.2) is 18.4 Å². The molecule has 8 heavy (non-hydrogen) atoms. The fraction of sp³-hybridized carbons (Fsp3) is 0.667. The third-order valence-corrected chi connectivity index (χ3v) is 0.935. The van der Waals surface area contributed by atoms with Gasteiger partial charge in [0.05, 0.1) is 0 Å². The molecule has 5 nitrogen and oxygen atoms in total. The summed E-state index contributed by atoms with van der Waals surface area (Å²) in [6.07, 6.45) is 0. The minimum Gasteiger partial charge on any atom is -0.287 e. The molecule has 0 aromatic heterocycles. The van der Waals surface area contributed by atoms with Gasteiger partial charge in [0.2, 0.25) is 0 Å². The van der Waals surface area contributed by atoms with E-state index in [4.69, 9.17) is 0 Å². The van der Waals surface area contributed by atoms with Crippen LogP contribution < -0.4 is 0 Å². The molecule has 0 radical (unpaired) electrons. The number of rotatable bonds is 0. The molecular formula is C3H2O5. The summed E-state index contributed by atoms with van der Waals surface area (Å²) in [5, 5.41) is 0. The number of Topliss-reactive ketones (excluding diaryl/α,β-unsaturated/α-hetero) is 1. The maximum absolute atomic E-state index is 10.5.